The highest BCUT2D eigenvalue weighted by Gasteiger charge is 2.36. The molecule has 7 heteroatoms. The molecule has 0 unspecified atom stereocenters. The van der Waals surface area contributed by atoms with Crippen molar-refractivity contribution in [3.05, 3.63) is 21.1 Å². The third-order valence-corrected chi connectivity index (χ3v) is 8.18. The van der Waals surface area contributed by atoms with Crippen LogP contribution in [0.3, 0.4) is 0 Å². The smallest absolute Gasteiger partial charge is 0.245 e. The third kappa shape index (κ3) is 3.46. The van der Waals surface area contributed by atoms with Gasteiger partial charge in [0.2, 0.25) is 10.0 Å². The van der Waals surface area contributed by atoms with E-state index in [0.29, 0.717) is 27.7 Å². The van der Waals surface area contributed by atoms with Crippen LogP contribution in [-0.4, -0.2) is 25.8 Å². The van der Waals surface area contributed by atoms with Gasteiger partial charge in [0.15, 0.2) is 0 Å². The van der Waals surface area contributed by atoms with Crippen LogP contribution in [0.2, 0.25) is 0 Å². The molecule has 2 rings (SSSR count). The van der Waals surface area contributed by atoms with E-state index < -0.39 is 10.0 Å². The van der Waals surface area contributed by atoms with E-state index in [-0.39, 0.29) is 10.3 Å². The molecule has 0 aliphatic carbocycles. The summed E-state index contributed by atoms with van der Waals surface area (Å²) < 4.78 is 28.3. The number of piperidine rings is 1. The van der Waals surface area contributed by atoms with Gasteiger partial charge in [-0.05, 0) is 62.2 Å². The molecular weight excluding hydrogens is 420 g/mol. The number of anilines is 1. The quantitative estimate of drug-likeness (QED) is 0.724. The number of halogens is 2. The average Bonchev–Trinajstić information content (AvgIpc) is 2.37. The maximum Gasteiger partial charge on any atom is 0.245 e. The van der Waals surface area contributed by atoms with Gasteiger partial charge in [-0.15, -0.1) is 0 Å². The van der Waals surface area contributed by atoms with Crippen molar-refractivity contribution in [1.82, 2.24) is 4.31 Å². The number of benzene rings is 1. The second-order valence-corrected chi connectivity index (χ2v) is 9.47. The summed E-state index contributed by atoms with van der Waals surface area (Å²) in [6.45, 7) is 5.52. The van der Waals surface area contributed by atoms with Gasteiger partial charge in [0.1, 0.15) is 4.90 Å². The lowest BCUT2D eigenvalue weighted by atomic mass is 9.79. The Kier molecular flexibility index (Phi) is 5.08. The molecule has 0 atom stereocenters. The molecule has 4 nitrogen and oxygen atoms in total. The first kappa shape index (κ1) is 17.2. The minimum Gasteiger partial charge on any atom is -0.399 e. The van der Waals surface area contributed by atoms with E-state index in [0.717, 1.165) is 19.3 Å². The summed E-state index contributed by atoms with van der Waals surface area (Å²) >= 11 is 6.64. The molecular formula is C14H20Br2N2O2S. The molecule has 2 N–H and O–H groups in total. The molecule has 1 heterocycles. The zero-order chi connectivity index (χ0) is 15.8. The monoisotopic (exact) mass is 438 g/mol. The normalized spacial score (nSPS) is 19.6. The second kappa shape index (κ2) is 6.18. The van der Waals surface area contributed by atoms with Crippen molar-refractivity contribution in [2.24, 2.45) is 5.41 Å². The Morgan fingerprint density at radius 1 is 1.24 bits per heavy atom. The lowest BCUT2D eigenvalue weighted by molar-refractivity contribution is 0.169. The van der Waals surface area contributed by atoms with Gasteiger partial charge in [-0.1, -0.05) is 20.3 Å². The van der Waals surface area contributed by atoms with Gasteiger partial charge in [0.05, 0.1) is 0 Å². The number of nitrogens with two attached hydrogens (primary N) is 1. The SMILES string of the molecule is CCC1(C)CCN(S(=O)(=O)c2c(Br)cc(N)cc2Br)CC1. The average molecular weight is 440 g/mol. The molecule has 118 valence electrons. The number of rotatable bonds is 3. The molecule has 0 spiro atoms. The van der Waals surface area contributed by atoms with E-state index in [4.69, 9.17) is 5.73 Å². The predicted molar refractivity (Wildman–Crippen MR) is 92.6 cm³/mol. The fraction of sp³-hybridized carbons (Fsp3) is 0.571. The fourth-order valence-electron chi connectivity index (χ4n) is 2.57. The minimum absolute atomic E-state index is 0.252. The highest BCUT2D eigenvalue weighted by atomic mass is 79.9. The van der Waals surface area contributed by atoms with Crippen molar-refractivity contribution in [3.63, 3.8) is 0 Å². The largest absolute Gasteiger partial charge is 0.399 e. The Labute approximate surface area is 143 Å². The predicted octanol–water partition coefficient (Wildman–Crippen LogP) is 3.99. The Morgan fingerprint density at radius 2 is 1.71 bits per heavy atom. The van der Waals surface area contributed by atoms with Crippen molar-refractivity contribution in [2.45, 2.75) is 38.0 Å². The van der Waals surface area contributed by atoms with Crippen LogP contribution in [0.25, 0.3) is 0 Å². The molecule has 0 bridgehead atoms. The van der Waals surface area contributed by atoms with Crippen molar-refractivity contribution >= 4 is 47.6 Å². The molecule has 0 aromatic heterocycles. The first-order chi connectivity index (χ1) is 9.69. The Bertz CT molecular complexity index is 615. The summed E-state index contributed by atoms with van der Waals surface area (Å²) in [5.74, 6) is 0. The Balaban J connectivity index is 2.33. The molecule has 1 saturated heterocycles. The second-order valence-electron chi connectivity index (χ2n) is 5.88. The lowest BCUT2D eigenvalue weighted by Crippen LogP contribution is -2.42. The Hall–Kier alpha value is -0.110. The number of nitrogens with zero attached hydrogens (tertiary/aromatic N) is 1. The van der Waals surface area contributed by atoms with E-state index in [1.807, 2.05) is 0 Å². The number of sulfonamides is 1. The molecule has 1 aromatic carbocycles. The van der Waals surface area contributed by atoms with Gasteiger partial charge in [-0.3, -0.25) is 0 Å². The maximum absolute atomic E-state index is 12.9. The topological polar surface area (TPSA) is 63.4 Å². The van der Waals surface area contributed by atoms with E-state index in [9.17, 15) is 8.42 Å². The molecule has 0 saturated carbocycles. The number of hydrogen-bond donors (Lipinski definition) is 1. The van der Waals surface area contributed by atoms with Gasteiger partial charge >= 0.3 is 0 Å². The van der Waals surface area contributed by atoms with Crippen LogP contribution in [0.15, 0.2) is 26.0 Å². The first-order valence-corrected chi connectivity index (χ1v) is 9.97. The molecule has 21 heavy (non-hydrogen) atoms. The van der Waals surface area contributed by atoms with Crippen LogP contribution in [0.1, 0.15) is 33.1 Å². The van der Waals surface area contributed by atoms with E-state index >= 15 is 0 Å². The third-order valence-electron chi connectivity index (χ3n) is 4.40. The highest BCUT2D eigenvalue weighted by molar-refractivity contribution is 9.11. The van der Waals surface area contributed by atoms with Gasteiger partial charge in [0.25, 0.3) is 0 Å². The van der Waals surface area contributed by atoms with Gasteiger partial charge in [-0.2, -0.15) is 4.31 Å². The summed E-state index contributed by atoms with van der Waals surface area (Å²) in [6.07, 6.45) is 2.87. The van der Waals surface area contributed by atoms with Crippen LogP contribution < -0.4 is 5.73 Å². The van der Waals surface area contributed by atoms with E-state index in [1.165, 1.54) is 0 Å². The minimum atomic E-state index is -3.51. The van der Waals surface area contributed by atoms with Crippen molar-refractivity contribution in [3.8, 4) is 0 Å². The molecule has 0 radical (unpaired) electrons. The van der Waals surface area contributed by atoms with Crippen LogP contribution >= 0.6 is 31.9 Å². The zero-order valence-corrected chi connectivity index (χ0v) is 16.2. The van der Waals surface area contributed by atoms with Crippen LogP contribution in [0.5, 0.6) is 0 Å². The number of hydrogen-bond acceptors (Lipinski definition) is 3. The number of nitrogen functional groups attached to an aromatic ring is 1. The molecule has 1 aliphatic heterocycles. The first-order valence-electron chi connectivity index (χ1n) is 6.94. The summed E-state index contributed by atoms with van der Waals surface area (Å²) in [6, 6.07) is 3.25. The summed E-state index contributed by atoms with van der Waals surface area (Å²) in [4.78, 5) is 0.261. The van der Waals surface area contributed by atoms with Gasteiger partial charge in [0, 0.05) is 27.7 Å². The zero-order valence-electron chi connectivity index (χ0n) is 12.2. The molecule has 0 amide bonds. The van der Waals surface area contributed by atoms with Crippen LogP contribution in [0, 0.1) is 5.41 Å². The highest BCUT2D eigenvalue weighted by Crippen LogP contribution is 2.39. The van der Waals surface area contributed by atoms with Crippen molar-refractivity contribution in [2.75, 3.05) is 18.8 Å². The molecule has 1 aliphatic rings. The fourth-order valence-corrected chi connectivity index (χ4v) is 6.56. The Morgan fingerprint density at radius 3 is 2.14 bits per heavy atom. The summed E-state index contributed by atoms with van der Waals surface area (Å²) in [7, 11) is -3.51. The standard InChI is InChI=1S/C14H20Br2N2O2S/c1-3-14(2)4-6-18(7-5-14)21(19,20)13-11(15)8-10(17)9-12(13)16/h8-9H,3-7,17H2,1-2H3. The maximum atomic E-state index is 12.9. The summed E-state index contributed by atoms with van der Waals surface area (Å²) in [5, 5.41) is 0. The van der Waals surface area contributed by atoms with Crippen molar-refractivity contribution in [1.29, 1.82) is 0 Å². The van der Waals surface area contributed by atoms with Crippen LogP contribution in [0.4, 0.5) is 5.69 Å². The van der Waals surface area contributed by atoms with E-state index in [1.54, 1.807) is 16.4 Å². The van der Waals surface area contributed by atoms with Crippen molar-refractivity contribution < 1.29 is 8.42 Å². The van der Waals surface area contributed by atoms with Gasteiger partial charge < -0.3 is 5.73 Å². The molecule has 1 aromatic rings. The lowest BCUT2D eigenvalue weighted by Gasteiger charge is -2.38. The van der Waals surface area contributed by atoms with Gasteiger partial charge in [-0.25, -0.2) is 8.42 Å². The van der Waals surface area contributed by atoms with E-state index in [2.05, 4.69) is 45.7 Å². The summed E-state index contributed by atoms with van der Waals surface area (Å²) in [5.41, 5.74) is 6.51. The van der Waals surface area contributed by atoms with Crippen LogP contribution in [-0.2, 0) is 10.0 Å². The molecule has 1 fully saturated rings.